The molecule has 0 fully saturated rings. The quantitative estimate of drug-likeness (QED) is 0.384. The number of rotatable bonds is 5. The zero-order valence-electron chi connectivity index (χ0n) is 19.6. The molecule has 4 heterocycles. The second kappa shape index (κ2) is 9.57. The normalized spacial score (nSPS) is 13.6. The van der Waals surface area contributed by atoms with Gasteiger partial charge in [-0.25, -0.2) is 32.5 Å². The third-order valence-electron chi connectivity index (χ3n) is 5.63. The number of nitrogens with one attached hydrogen (secondary N) is 2. The van der Waals surface area contributed by atoms with E-state index in [0.29, 0.717) is 22.5 Å². The van der Waals surface area contributed by atoms with Crippen LogP contribution < -0.4 is 15.6 Å². The van der Waals surface area contributed by atoms with Crippen LogP contribution in [0.4, 0.5) is 10.5 Å². The minimum absolute atomic E-state index is 0.0878. The first-order valence-corrected chi connectivity index (χ1v) is 13.6. The van der Waals surface area contributed by atoms with E-state index < -0.39 is 16.1 Å². The standard InChI is InChI=1S/C23H20ClN7O4S2/c1-13-27-17-11-14(21-25-9-10-30(21)2)3-5-16(17)22(32)31(13)19-7-4-15(12-26-19)28-23(33)29-37(34,35)20-8-6-18(24)36-20/h3-8,11-12H,9-10H2,1-2H3,(H2,28,29,33). The number of urea groups is 1. The fourth-order valence-corrected chi connectivity index (χ4v) is 6.30. The summed E-state index contributed by atoms with van der Waals surface area (Å²) in [6, 6.07) is 10.2. The van der Waals surface area contributed by atoms with Crippen molar-refractivity contribution in [1.29, 1.82) is 0 Å². The van der Waals surface area contributed by atoms with E-state index in [1.54, 1.807) is 13.0 Å². The maximum Gasteiger partial charge on any atom is 0.333 e. The SMILES string of the molecule is Cc1nc2cc(C3=NCCN3C)ccc2c(=O)n1-c1ccc(NC(=O)NS(=O)(=O)c2ccc(Cl)s2)cn1. The van der Waals surface area contributed by atoms with Crippen molar-refractivity contribution in [3.05, 3.63) is 74.7 Å². The van der Waals surface area contributed by atoms with E-state index in [0.717, 1.165) is 35.8 Å². The Labute approximate surface area is 220 Å². The van der Waals surface area contributed by atoms with Crippen molar-refractivity contribution < 1.29 is 13.2 Å². The summed E-state index contributed by atoms with van der Waals surface area (Å²) in [4.78, 5) is 41.0. The van der Waals surface area contributed by atoms with E-state index >= 15 is 0 Å². The van der Waals surface area contributed by atoms with Crippen LogP contribution >= 0.6 is 22.9 Å². The highest BCUT2D eigenvalue weighted by atomic mass is 35.5. The summed E-state index contributed by atoms with van der Waals surface area (Å²) in [6.07, 6.45) is 1.32. The van der Waals surface area contributed by atoms with Gasteiger partial charge in [-0.2, -0.15) is 0 Å². The molecule has 0 aliphatic carbocycles. The van der Waals surface area contributed by atoms with Crippen LogP contribution in [-0.2, 0) is 10.0 Å². The zero-order valence-corrected chi connectivity index (χ0v) is 22.0. The zero-order chi connectivity index (χ0) is 26.3. The highest BCUT2D eigenvalue weighted by molar-refractivity contribution is 7.92. The summed E-state index contributed by atoms with van der Waals surface area (Å²) < 4.78 is 28.1. The van der Waals surface area contributed by atoms with Crippen LogP contribution in [0.25, 0.3) is 16.7 Å². The van der Waals surface area contributed by atoms with Gasteiger partial charge in [0.2, 0.25) is 0 Å². The number of hydrogen-bond donors (Lipinski definition) is 2. The number of carbonyl (C=O) groups is 1. The van der Waals surface area contributed by atoms with Gasteiger partial charge in [0.1, 0.15) is 21.7 Å². The lowest BCUT2D eigenvalue weighted by Crippen LogP contribution is -2.34. The molecule has 3 aromatic heterocycles. The van der Waals surface area contributed by atoms with Crippen molar-refractivity contribution >= 4 is 61.4 Å². The summed E-state index contributed by atoms with van der Waals surface area (Å²) in [6.45, 7) is 3.28. The molecule has 14 heteroatoms. The van der Waals surface area contributed by atoms with E-state index in [1.165, 1.54) is 35.0 Å². The molecule has 0 saturated carbocycles. The Balaban J connectivity index is 1.37. The van der Waals surface area contributed by atoms with Crippen molar-refractivity contribution in [3.63, 3.8) is 0 Å². The number of carbonyl (C=O) groups excluding carboxylic acids is 1. The molecular weight excluding hydrogens is 538 g/mol. The summed E-state index contributed by atoms with van der Waals surface area (Å²) >= 11 is 6.60. The number of thiophene rings is 1. The fraction of sp³-hybridized carbons (Fsp3) is 0.174. The summed E-state index contributed by atoms with van der Waals surface area (Å²) in [7, 11) is -2.09. The van der Waals surface area contributed by atoms with E-state index in [4.69, 9.17) is 11.6 Å². The number of pyridine rings is 1. The van der Waals surface area contributed by atoms with Crippen molar-refractivity contribution in [2.75, 3.05) is 25.5 Å². The molecule has 0 radical (unpaired) electrons. The van der Waals surface area contributed by atoms with E-state index in [2.05, 4.69) is 25.2 Å². The molecule has 0 bridgehead atoms. The number of sulfonamides is 1. The predicted molar refractivity (Wildman–Crippen MR) is 143 cm³/mol. The number of amidine groups is 1. The molecule has 11 nitrogen and oxygen atoms in total. The number of halogens is 1. The number of fused-ring (bicyclic) bond motifs is 1. The van der Waals surface area contributed by atoms with Crippen molar-refractivity contribution in [1.82, 2.24) is 24.2 Å². The van der Waals surface area contributed by atoms with Crippen LogP contribution in [0, 0.1) is 6.92 Å². The van der Waals surface area contributed by atoms with Crippen LogP contribution in [0.15, 0.2) is 62.7 Å². The van der Waals surface area contributed by atoms with Crippen LogP contribution in [0.1, 0.15) is 11.4 Å². The number of hydrogen-bond acceptors (Lipinski definition) is 9. The van der Waals surface area contributed by atoms with Gasteiger partial charge < -0.3 is 10.2 Å². The maximum atomic E-state index is 13.3. The summed E-state index contributed by atoms with van der Waals surface area (Å²) in [5.41, 5.74) is 1.39. The second-order valence-corrected chi connectivity index (χ2v) is 11.8. The Morgan fingerprint density at radius 3 is 2.62 bits per heavy atom. The molecule has 0 saturated heterocycles. The molecule has 0 atom stereocenters. The Morgan fingerprint density at radius 2 is 1.97 bits per heavy atom. The molecule has 1 aliphatic rings. The molecule has 1 aliphatic heterocycles. The van der Waals surface area contributed by atoms with Gasteiger partial charge in [-0.15, -0.1) is 11.3 Å². The molecule has 2 N–H and O–H groups in total. The summed E-state index contributed by atoms with van der Waals surface area (Å²) in [5.74, 6) is 1.60. The van der Waals surface area contributed by atoms with Gasteiger partial charge in [0, 0.05) is 19.2 Å². The van der Waals surface area contributed by atoms with Crippen LogP contribution in [0.5, 0.6) is 0 Å². The average molecular weight is 558 g/mol. The molecule has 190 valence electrons. The number of nitrogens with zero attached hydrogens (tertiary/aromatic N) is 5. The van der Waals surface area contributed by atoms with Gasteiger partial charge >= 0.3 is 6.03 Å². The van der Waals surface area contributed by atoms with Crippen molar-refractivity contribution in [2.24, 2.45) is 4.99 Å². The van der Waals surface area contributed by atoms with Gasteiger partial charge in [-0.3, -0.25) is 9.79 Å². The summed E-state index contributed by atoms with van der Waals surface area (Å²) in [5, 5.41) is 2.84. The number of aliphatic imine (C=N–C) groups is 1. The molecule has 4 aromatic rings. The van der Waals surface area contributed by atoms with Gasteiger partial charge in [0.15, 0.2) is 0 Å². The lowest BCUT2D eigenvalue weighted by molar-refractivity contribution is 0.256. The number of benzene rings is 1. The average Bonchev–Trinajstić information content (AvgIpc) is 3.48. The highest BCUT2D eigenvalue weighted by Crippen LogP contribution is 2.25. The minimum atomic E-state index is -4.07. The number of anilines is 1. The first-order chi connectivity index (χ1) is 17.6. The Kier molecular flexibility index (Phi) is 6.43. The second-order valence-electron chi connectivity index (χ2n) is 8.18. The molecule has 5 rings (SSSR count). The van der Waals surface area contributed by atoms with Crippen LogP contribution in [-0.4, -0.2) is 59.9 Å². The first-order valence-electron chi connectivity index (χ1n) is 11.0. The van der Waals surface area contributed by atoms with Crippen molar-refractivity contribution in [3.8, 4) is 5.82 Å². The van der Waals surface area contributed by atoms with E-state index in [1.807, 2.05) is 23.9 Å². The number of aromatic nitrogens is 3. The lowest BCUT2D eigenvalue weighted by Gasteiger charge is -2.15. The molecule has 2 amide bonds. The van der Waals surface area contributed by atoms with Crippen LogP contribution in [0.2, 0.25) is 4.34 Å². The molecule has 1 aromatic carbocycles. The third-order valence-corrected chi connectivity index (χ3v) is 8.68. The minimum Gasteiger partial charge on any atom is -0.358 e. The predicted octanol–water partition coefficient (Wildman–Crippen LogP) is 3.01. The Morgan fingerprint density at radius 1 is 1.16 bits per heavy atom. The van der Waals surface area contributed by atoms with Crippen LogP contribution in [0.3, 0.4) is 0 Å². The van der Waals surface area contributed by atoms with E-state index in [9.17, 15) is 18.0 Å². The molecular formula is C23H20ClN7O4S2. The monoisotopic (exact) mass is 557 g/mol. The molecule has 0 unspecified atom stereocenters. The number of amides is 2. The van der Waals surface area contributed by atoms with Gasteiger partial charge in [0.25, 0.3) is 15.6 Å². The Hall–Kier alpha value is -3.81. The van der Waals surface area contributed by atoms with Gasteiger partial charge in [0.05, 0.1) is 33.7 Å². The first kappa shape index (κ1) is 24.9. The maximum absolute atomic E-state index is 13.3. The van der Waals surface area contributed by atoms with Crippen molar-refractivity contribution in [2.45, 2.75) is 11.1 Å². The molecule has 0 spiro atoms. The largest absolute Gasteiger partial charge is 0.358 e. The lowest BCUT2D eigenvalue weighted by atomic mass is 10.1. The molecule has 37 heavy (non-hydrogen) atoms. The Bertz CT molecular complexity index is 1730. The topological polar surface area (TPSA) is 139 Å². The fourth-order valence-electron chi connectivity index (χ4n) is 3.91. The van der Waals surface area contributed by atoms with Gasteiger partial charge in [-0.1, -0.05) is 17.7 Å². The smallest absolute Gasteiger partial charge is 0.333 e. The van der Waals surface area contributed by atoms with Gasteiger partial charge in [-0.05, 0) is 43.3 Å². The number of likely N-dealkylation sites (N-methyl/N-ethyl adjacent to an activating group) is 1. The van der Waals surface area contributed by atoms with E-state index in [-0.39, 0.29) is 19.8 Å². The highest BCUT2D eigenvalue weighted by Gasteiger charge is 2.20. The number of aryl methyl sites for hydroxylation is 1. The third kappa shape index (κ3) is 4.92.